The van der Waals surface area contributed by atoms with E-state index in [2.05, 4.69) is 14.9 Å². The Balaban J connectivity index is 2.03. The van der Waals surface area contributed by atoms with Crippen LogP contribution in [0.3, 0.4) is 0 Å². The molecule has 6 heteroatoms. The topological polar surface area (TPSA) is 33.4 Å². The van der Waals surface area contributed by atoms with Crippen LogP contribution in [0.4, 0.5) is 10.2 Å². The number of nitrogens with zero attached hydrogens (tertiary/aromatic N) is 4. The summed E-state index contributed by atoms with van der Waals surface area (Å²) < 4.78 is 16.7. The summed E-state index contributed by atoms with van der Waals surface area (Å²) in [6, 6.07) is 4.81. The minimum absolute atomic E-state index is 0.326. The quantitative estimate of drug-likeness (QED) is 0.654. The molecule has 3 heterocycles. The Bertz CT molecular complexity index is 893. The molecular weight excluding hydrogens is 339 g/mol. The van der Waals surface area contributed by atoms with Gasteiger partial charge in [-0.25, -0.2) is 14.4 Å². The number of hydrogen-bond acceptors (Lipinski definition) is 3. The second kappa shape index (κ2) is 6.64. The van der Waals surface area contributed by atoms with Crippen LogP contribution in [0.15, 0.2) is 30.6 Å². The molecule has 0 amide bonds. The van der Waals surface area contributed by atoms with Crippen molar-refractivity contribution in [1.29, 1.82) is 0 Å². The lowest BCUT2D eigenvalue weighted by molar-refractivity contribution is 0.630. The van der Waals surface area contributed by atoms with Crippen LogP contribution in [0.25, 0.3) is 16.9 Å². The van der Waals surface area contributed by atoms with Crippen LogP contribution in [0, 0.1) is 12.7 Å². The SMILES string of the molecule is Cc1nc2nccn2c(N2CCCCCC2)c1-c1c(F)cccc1Cl. The second-order valence-corrected chi connectivity index (χ2v) is 6.90. The molecule has 25 heavy (non-hydrogen) atoms. The van der Waals surface area contributed by atoms with E-state index in [9.17, 15) is 4.39 Å². The number of anilines is 1. The molecule has 0 radical (unpaired) electrons. The Kier molecular flexibility index (Phi) is 4.34. The molecule has 0 aliphatic carbocycles. The average Bonchev–Trinajstić information content (AvgIpc) is 2.88. The van der Waals surface area contributed by atoms with Crippen molar-refractivity contribution in [2.45, 2.75) is 32.6 Å². The van der Waals surface area contributed by atoms with Gasteiger partial charge in [-0.1, -0.05) is 30.5 Å². The Labute approximate surface area is 151 Å². The van der Waals surface area contributed by atoms with Crippen molar-refractivity contribution < 1.29 is 4.39 Å². The molecule has 0 unspecified atom stereocenters. The Morgan fingerprint density at radius 1 is 1.08 bits per heavy atom. The van der Waals surface area contributed by atoms with E-state index in [1.165, 1.54) is 18.9 Å². The highest BCUT2D eigenvalue weighted by molar-refractivity contribution is 6.33. The molecule has 0 N–H and O–H groups in total. The van der Waals surface area contributed by atoms with E-state index in [0.29, 0.717) is 16.4 Å². The number of hydrogen-bond donors (Lipinski definition) is 0. The van der Waals surface area contributed by atoms with E-state index in [0.717, 1.165) is 43.0 Å². The fourth-order valence-electron chi connectivity index (χ4n) is 3.65. The summed E-state index contributed by atoms with van der Waals surface area (Å²) in [4.78, 5) is 11.2. The van der Waals surface area contributed by atoms with E-state index in [4.69, 9.17) is 11.6 Å². The smallest absolute Gasteiger partial charge is 0.235 e. The minimum atomic E-state index is -0.326. The normalized spacial score (nSPS) is 15.6. The molecule has 4 nitrogen and oxygen atoms in total. The molecule has 1 fully saturated rings. The molecule has 2 aromatic heterocycles. The van der Waals surface area contributed by atoms with Crippen molar-refractivity contribution in [3.63, 3.8) is 0 Å². The first-order chi connectivity index (χ1) is 12.2. The number of imidazole rings is 1. The van der Waals surface area contributed by atoms with Crippen LogP contribution in [0.2, 0.25) is 5.02 Å². The van der Waals surface area contributed by atoms with Crippen molar-refractivity contribution in [1.82, 2.24) is 14.4 Å². The number of benzene rings is 1. The van der Waals surface area contributed by atoms with Crippen LogP contribution in [-0.4, -0.2) is 27.5 Å². The highest BCUT2D eigenvalue weighted by Crippen LogP contribution is 2.39. The van der Waals surface area contributed by atoms with Crippen molar-refractivity contribution >= 4 is 23.2 Å². The summed E-state index contributed by atoms with van der Waals surface area (Å²) in [5.41, 5.74) is 1.92. The second-order valence-electron chi connectivity index (χ2n) is 6.49. The number of aromatic nitrogens is 3. The van der Waals surface area contributed by atoms with Crippen LogP contribution in [-0.2, 0) is 0 Å². The lowest BCUT2D eigenvalue weighted by Crippen LogP contribution is -2.27. The molecule has 0 spiro atoms. The molecule has 1 aliphatic rings. The average molecular weight is 359 g/mol. The minimum Gasteiger partial charge on any atom is -0.357 e. The standard InChI is InChI=1S/C19H20ClFN4/c1-13-16(17-14(20)7-6-8-15(17)21)18(24-10-4-2-3-5-11-24)25-12-9-22-19(25)23-13/h6-9,12H,2-5,10-11H2,1H3. The van der Waals surface area contributed by atoms with Crippen molar-refractivity contribution in [2.24, 2.45) is 0 Å². The van der Waals surface area contributed by atoms with Gasteiger partial charge in [-0.05, 0) is 31.9 Å². The van der Waals surface area contributed by atoms with Gasteiger partial charge >= 0.3 is 0 Å². The monoisotopic (exact) mass is 358 g/mol. The summed E-state index contributed by atoms with van der Waals surface area (Å²) in [5.74, 6) is 1.25. The number of aryl methyl sites for hydroxylation is 1. The Hall–Kier alpha value is -2.14. The molecule has 0 saturated carbocycles. The van der Waals surface area contributed by atoms with Gasteiger partial charge in [-0.15, -0.1) is 0 Å². The molecule has 4 rings (SSSR count). The number of rotatable bonds is 2. The Morgan fingerprint density at radius 2 is 1.84 bits per heavy atom. The maximum absolute atomic E-state index is 14.7. The maximum Gasteiger partial charge on any atom is 0.235 e. The maximum atomic E-state index is 14.7. The van der Waals surface area contributed by atoms with Crippen molar-refractivity contribution in [3.05, 3.63) is 47.1 Å². The van der Waals surface area contributed by atoms with Gasteiger partial charge in [0.25, 0.3) is 0 Å². The third kappa shape index (κ3) is 2.86. The lowest BCUT2D eigenvalue weighted by Gasteiger charge is -2.27. The predicted octanol–water partition coefficient (Wildman–Crippen LogP) is 4.88. The third-order valence-electron chi connectivity index (χ3n) is 4.82. The first kappa shape index (κ1) is 16.3. The zero-order valence-electron chi connectivity index (χ0n) is 14.2. The first-order valence-electron chi connectivity index (χ1n) is 8.70. The molecule has 0 atom stereocenters. The number of fused-ring (bicyclic) bond motifs is 1. The van der Waals surface area contributed by atoms with Gasteiger partial charge in [0.2, 0.25) is 5.78 Å². The van der Waals surface area contributed by atoms with Gasteiger partial charge in [0.05, 0.1) is 10.7 Å². The third-order valence-corrected chi connectivity index (χ3v) is 5.14. The fraction of sp³-hybridized carbons (Fsp3) is 0.368. The Morgan fingerprint density at radius 3 is 2.56 bits per heavy atom. The summed E-state index contributed by atoms with van der Waals surface area (Å²) in [5, 5.41) is 0.403. The fourth-order valence-corrected chi connectivity index (χ4v) is 3.91. The van der Waals surface area contributed by atoms with Gasteiger partial charge in [-0.2, -0.15) is 0 Å². The van der Waals surface area contributed by atoms with Gasteiger partial charge in [0.15, 0.2) is 0 Å². The van der Waals surface area contributed by atoms with Gasteiger partial charge < -0.3 is 4.90 Å². The summed E-state index contributed by atoms with van der Waals surface area (Å²) in [7, 11) is 0. The van der Waals surface area contributed by atoms with E-state index >= 15 is 0 Å². The molecule has 1 aromatic carbocycles. The summed E-state index contributed by atoms with van der Waals surface area (Å²) in [6.45, 7) is 3.78. The molecule has 130 valence electrons. The summed E-state index contributed by atoms with van der Waals surface area (Å²) in [6.07, 6.45) is 8.33. The lowest BCUT2D eigenvalue weighted by atomic mass is 10.0. The van der Waals surface area contributed by atoms with Gasteiger partial charge in [0.1, 0.15) is 11.6 Å². The molecule has 1 saturated heterocycles. The van der Waals surface area contributed by atoms with E-state index in [-0.39, 0.29) is 5.82 Å². The van der Waals surface area contributed by atoms with E-state index in [1.807, 2.05) is 17.5 Å². The highest BCUT2D eigenvalue weighted by Gasteiger charge is 2.24. The van der Waals surface area contributed by atoms with Gasteiger partial charge in [-0.3, -0.25) is 4.40 Å². The highest BCUT2D eigenvalue weighted by atomic mass is 35.5. The van der Waals surface area contributed by atoms with Crippen molar-refractivity contribution in [2.75, 3.05) is 18.0 Å². The first-order valence-corrected chi connectivity index (χ1v) is 9.07. The van der Waals surface area contributed by atoms with E-state index in [1.54, 1.807) is 18.3 Å². The van der Waals surface area contributed by atoms with Crippen LogP contribution >= 0.6 is 11.6 Å². The van der Waals surface area contributed by atoms with Crippen LogP contribution in [0.1, 0.15) is 31.4 Å². The van der Waals surface area contributed by atoms with E-state index < -0.39 is 0 Å². The molecule has 0 bridgehead atoms. The zero-order chi connectivity index (χ0) is 17.4. The van der Waals surface area contributed by atoms with Crippen LogP contribution < -0.4 is 4.90 Å². The summed E-state index contributed by atoms with van der Waals surface area (Å²) >= 11 is 6.39. The molecule has 1 aliphatic heterocycles. The zero-order valence-corrected chi connectivity index (χ0v) is 14.9. The van der Waals surface area contributed by atoms with Crippen LogP contribution in [0.5, 0.6) is 0 Å². The van der Waals surface area contributed by atoms with Crippen molar-refractivity contribution in [3.8, 4) is 11.1 Å². The van der Waals surface area contributed by atoms with Gasteiger partial charge in [0, 0.05) is 36.6 Å². The molecule has 3 aromatic rings. The predicted molar refractivity (Wildman–Crippen MR) is 98.8 cm³/mol. The molecular formula is C19H20ClFN4. The largest absolute Gasteiger partial charge is 0.357 e. The number of halogens is 2.